The van der Waals surface area contributed by atoms with Crippen LogP contribution in [0.2, 0.25) is 0 Å². The number of ether oxygens (including phenoxy) is 2. The van der Waals surface area contributed by atoms with Gasteiger partial charge >= 0.3 is 0 Å². The molecule has 0 amide bonds. The Morgan fingerprint density at radius 1 is 1.50 bits per heavy atom. The second-order valence-electron chi connectivity index (χ2n) is 4.73. The van der Waals surface area contributed by atoms with Gasteiger partial charge in [0.25, 0.3) is 0 Å². The zero-order valence-corrected chi connectivity index (χ0v) is 12.6. The van der Waals surface area contributed by atoms with Crippen LogP contribution in [-0.4, -0.2) is 37.8 Å². The summed E-state index contributed by atoms with van der Waals surface area (Å²) in [5.74, 6) is 0.955. The molecule has 1 saturated heterocycles. The standard InChI is InChI=1S/C14H20BrNO2/c1-11-9-16(6-3-7-18-11)10-12-8-13(15)4-5-14(12)17-2/h4-5,8,11H,3,6-7,9-10H2,1-2H3. The van der Waals surface area contributed by atoms with E-state index in [0.29, 0.717) is 6.10 Å². The van der Waals surface area contributed by atoms with Crippen molar-refractivity contribution >= 4 is 15.9 Å². The quantitative estimate of drug-likeness (QED) is 0.856. The van der Waals surface area contributed by atoms with Crippen LogP contribution in [0.15, 0.2) is 22.7 Å². The summed E-state index contributed by atoms with van der Waals surface area (Å²) in [7, 11) is 1.72. The van der Waals surface area contributed by atoms with Crippen LogP contribution in [0, 0.1) is 0 Å². The van der Waals surface area contributed by atoms with Crippen LogP contribution in [0.5, 0.6) is 5.75 Å². The molecule has 1 unspecified atom stereocenters. The Hall–Kier alpha value is -0.580. The second kappa shape index (κ2) is 6.55. The van der Waals surface area contributed by atoms with Crippen LogP contribution in [0.25, 0.3) is 0 Å². The molecule has 0 bridgehead atoms. The Morgan fingerprint density at radius 2 is 2.33 bits per heavy atom. The van der Waals surface area contributed by atoms with Gasteiger partial charge in [-0.3, -0.25) is 4.90 Å². The zero-order valence-electron chi connectivity index (χ0n) is 11.0. The molecule has 1 aliphatic heterocycles. The lowest BCUT2D eigenvalue weighted by molar-refractivity contribution is 0.0667. The highest BCUT2D eigenvalue weighted by atomic mass is 79.9. The van der Waals surface area contributed by atoms with Crippen molar-refractivity contribution in [3.8, 4) is 5.75 Å². The number of hydrogen-bond donors (Lipinski definition) is 0. The molecular formula is C14H20BrNO2. The normalized spacial score (nSPS) is 21.6. The van der Waals surface area contributed by atoms with Gasteiger partial charge in [-0.25, -0.2) is 0 Å². The van der Waals surface area contributed by atoms with Crippen LogP contribution in [-0.2, 0) is 11.3 Å². The van der Waals surface area contributed by atoms with E-state index in [-0.39, 0.29) is 0 Å². The maximum Gasteiger partial charge on any atom is 0.123 e. The molecule has 0 spiro atoms. The Bertz CT molecular complexity index is 397. The summed E-state index contributed by atoms with van der Waals surface area (Å²) in [5.41, 5.74) is 1.22. The highest BCUT2D eigenvalue weighted by molar-refractivity contribution is 9.10. The lowest BCUT2D eigenvalue weighted by Crippen LogP contribution is -2.29. The second-order valence-corrected chi connectivity index (χ2v) is 5.64. The van der Waals surface area contributed by atoms with Gasteiger partial charge < -0.3 is 9.47 Å². The molecule has 1 fully saturated rings. The lowest BCUT2D eigenvalue weighted by Gasteiger charge is -2.22. The largest absolute Gasteiger partial charge is 0.496 e. The molecule has 1 heterocycles. The summed E-state index contributed by atoms with van der Waals surface area (Å²) in [6, 6.07) is 6.16. The van der Waals surface area contributed by atoms with Gasteiger partial charge in [-0.15, -0.1) is 0 Å². The summed E-state index contributed by atoms with van der Waals surface area (Å²) in [4.78, 5) is 2.43. The summed E-state index contributed by atoms with van der Waals surface area (Å²) in [5, 5.41) is 0. The number of methoxy groups -OCH3 is 1. The molecule has 1 aromatic rings. The first kappa shape index (κ1) is 13.8. The molecule has 1 aliphatic rings. The average Bonchev–Trinajstić information content (AvgIpc) is 2.54. The monoisotopic (exact) mass is 313 g/mol. The van der Waals surface area contributed by atoms with Crippen LogP contribution in [0.4, 0.5) is 0 Å². The third kappa shape index (κ3) is 3.70. The smallest absolute Gasteiger partial charge is 0.123 e. The van der Waals surface area contributed by atoms with E-state index >= 15 is 0 Å². The van der Waals surface area contributed by atoms with Crippen LogP contribution < -0.4 is 4.74 Å². The third-order valence-electron chi connectivity index (χ3n) is 3.17. The average molecular weight is 314 g/mol. The highest BCUT2D eigenvalue weighted by Gasteiger charge is 2.16. The van der Waals surface area contributed by atoms with E-state index in [4.69, 9.17) is 9.47 Å². The minimum Gasteiger partial charge on any atom is -0.496 e. The first-order valence-corrected chi connectivity index (χ1v) is 7.14. The molecule has 0 N–H and O–H groups in total. The first-order valence-electron chi connectivity index (χ1n) is 6.35. The van der Waals surface area contributed by atoms with Crippen molar-refractivity contribution < 1.29 is 9.47 Å². The van der Waals surface area contributed by atoms with Crippen molar-refractivity contribution in [1.29, 1.82) is 0 Å². The Morgan fingerprint density at radius 3 is 3.11 bits per heavy atom. The Labute approximate surface area is 117 Å². The number of halogens is 1. The van der Waals surface area contributed by atoms with Crippen molar-refractivity contribution in [2.24, 2.45) is 0 Å². The summed E-state index contributed by atoms with van der Waals surface area (Å²) in [6.07, 6.45) is 1.41. The number of benzene rings is 1. The molecule has 3 nitrogen and oxygen atoms in total. The number of rotatable bonds is 3. The van der Waals surface area contributed by atoms with E-state index in [1.807, 2.05) is 12.1 Å². The Kier molecular flexibility index (Phi) is 5.03. The van der Waals surface area contributed by atoms with E-state index in [0.717, 1.165) is 42.9 Å². The topological polar surface area (TPSA) is 21.7 Å². The van der Waals surface area contributed by atoms with Crippen molar-refractivity contribution in [3.63, 3.8) is 0 Å². The lowest BCUT2D eigenvalue weighted by atomic mass is 10.1. The molecule has 0 aromatic heterocycles. The molecule has 4 heteroatoms. The van der Waals surface area contributed by atoms with Crippen LogP contribution >= 0.6 is 15.9 Å². The summed E-state index contributed by atoms with van der Waals surface area (Å²) >= 11 is 3.52. The molecule has 2 rings (SSSR count). The summed E-state index contributed by atoms with van der Waals surface area (Å²) < 4.78 is 12.2. The molecule has 100 valence electrons. The third-order valence-corrected chi connectivity index (χ3v) is 3.67. The van der Waals surface area contributed by atoms with E-state index in [1.54, 1.807) is 7.11 Å². The molecule has 1 aromatic carbocycles. The van der Waals surface area contributed by atoms with Crippen LogP contribution in [0.1, 0.15) is 18.9 Å². The van der Waals surface area contributed by atoms with E-state index in [9.17, 15) is 0 Å². The van der Waals surface area contributed by atoms with Gasteiger partial charge in [0, 0.05) is 36.3 Å². The zero-order chi connectivity index (χ0) is 13.0. The van der Waals surface area contributed by atoms with Gasteiger partial charge in [0.1, 0.15) is 5.75 Å². The van der Waals surface area contributed by atoms with Gasteiger partial charge in [0.15, 0.2) is 0 Å². The maximum atomic E-state index is 5.67. The van der Waals surface area contributed by atoms with Gasteiger partial charge in [0.05, 0.1) is 13.2 Å². The van der Waals surface area contributed by atoms with Crippen molar-refractivity contribution in [3.05, 3.63) is 28.2 Å². The van der Waals surface area contributed by atoms with Crippen LogP contribution in [0.3, 0.4) is 0 Å². The van der Waals surface area contributed by atoms with Gasteiger partial charge in [-0.1, -0.05) is 15.9 Å². The molecule has 18 heavy (non-hydrogen) atoms. The van der Waals surface area contributed by atoms with E-state index in [2.05, 4.69) is 33.8 Å². The predicted octanol–water partition coefficient (Wildman–Crippen LogP) is 3.07. The van der Waals surface area contributed by atoms with Crippen molar-refractivity contribution in [2.75, 3.05) is 26.8 Å². The fourth-order valence-corrected chi connectivity index (χ4v) is 2.74. The van der Waals surface area contributed by atoms with E-state index < -0.39 is 0 Å². The highest BCUT2D eigenvalue weighted by Crippen LogP contribution is 2.24. The minimum atomic E-state index is 0.311. The minimum absolute atomic E-state index is 0.311. The fraction of sp³-hybridized carbons (Fsp3) is 0.571. The van der Waals surface area contributed by atoms with E-state index in [1.165, 1.54) is 5.56 Å². The first-order chi connectivity index (χ1) is 8.69. The SMILES string of the molecule is COc1ccc(Br)cc1CN1CCCOC(C)C1. The number of hydrogen-bond acceptors (Lipinski definition) is 3. The molecule has 0 radical (unpaired) electrons. The Balaban J connectivity index is 2.09. The van der Waals surface area contributed by atoms with Gasteiger partial charge in [-0.05, 0) is 31.5 Å². The van der Waals surface area contributed by atoms with Crippen molar-refractivity contribution in [2.45, 2.75) is 26.0 Å². The predicted molar refractivity (Wildman–Crippen MR) is 76.0 cm³/mol. The maximum absolute atomic E-state index is 5.67. The molecular weight excluding hydrogens is 294 g/mol. The van der Waals surface area contributed by atoms with Gasteiger partial charge in [-0.2, -0.15) is 0 Å². The van der Waals surface area contributed by atoms with Crippen molar-refractivity contribution in [1.82, 2.24) is 4.90 Å². The number of nitrogens with zero attached hydrogens (tertiary/aromatic N) is 1. The molecule has 0 saturated carbocycles. The summed E-state index contributed by atoms with van der Waals surface area (Å²) in [6.45, 7) is 5.98. The molecule has 1 atom stereocenters. The molecule has 0 aliphatic carbocycles. The van der Waals surface area contributed by atoms with Gasteiger partial charge in [0.2, 0.25) is 0 Å². The fourth-order valence-electron chi connectivity index (χ4n) is 2.34.